The van der Waals surface area contributed by atoms with Gasteiger partial charge < -0.3 is 18.7 Å². The molecule has 0 amide bonds. The van der Waals surface area contributed by atoms with Crippen LogP contribution in [0, 0.1) is 6.92 Å². The Balaban J connectivity index is 1.80. The second-order valence-corrected chi connectivity index (χ2v) is 7.83. The van der Waals surface area contributed by atoms with E-state index in [-0.39, 0.29) is 23.2 Å². The molecule has 3 aromatic rings. The third-order valence-corrected chi connectivity index (χ3v) is 5.55. The van der Waals surface area contributed by atoms with E-state index in [1.165, 1.54) is 33.5 Å². The minimum atomic E-state index is -3.70. The number of ether oxygens (including phenoxy) is 3. The zero-order valence-corrected chi connectivity index (χ0v) is 17.2. The molecule has 29 heavy (non-hydrogen) atoms. The van der Waals surface area contributed by atoms with E-state index in [1.54, 1.807) is 24.3 Å². The van der Waals surface area contributed by atoms with Gasteiger partial charge in [0.05, 0.1) is 32.8 Å². The SMILES string of the molecule is COc1cc(-c2noc(CNS(=O)(=O)c3ccc(C)cc3)n2)cc(OC)c1OC. The molecule has 10 heteroatoms. The smallest absolute Gasteiger partial charge is 0.242 e. The van der Waals surface area contributed by atoms with Crippen molar-refractivity contribution in [2.24, 2.45) is 0 Å². The van der Waals surface area contributed by atoms with Gasteiger partial charge in [-0.15, -0.1) is 0 Å². The standard InChI is InChI=1S/C19H21N3O6S/c1-12-5-7-14(8-6-12)29(23,24)20-11-17-21-19(22-28-17)13-9-15(25-2)18(27-4)16(10-13)26-3/h5-10,20H,11H2,1-4H3. The first-order valence-corrected chi connectivity index (χ1v) is 10.1. The van der Waals surface area contributed by atoms with Crippen LogP contribution in [0.15, 0.2) is 45.8 Å². The van der Waals surface area contributed by atoms with Gasteiger partial charge in [-0.25, -0.2) is 13.1 Å². The van der Waals surface area contributed by atoms with Crippen molar-refractivity contribution in [1.29, 1.82) is 0 Å². The summed E-state index contributed by atoms with van der Waals surface area (Å²) in [5.41, 5.74) is 1.53. The van der Waals surface area contributed by atoms with E-state index in [0.29, 0.717) is 22.8 Å². The lowest BCUT2D eigenvalue weighted by molar-refractivity contribution is 0.324. The highest BCUT2D eigenvalue weighted by atomic mass is 32.2. The molecule has 0 bridgehead atoms. The number of nitrogens with zero attached hydrogens (tertiary/aromatic N) is 2. The molecule has 0 saturated carbocycles. The second kappa shape index (κ2) is 8.50. The Morgan fingerprint density at radius 1 is 1.00 bits per heavy atom. The summed E-state index contributed by atoms with van der Waals surface area (Å²) in [5, 5.41) is 3.90. The average molecular weight is 419 g/mol. The summed E-state index contributed by atoms with van der Waals surface area (Å²) in [6.07, 6.45) is 0. The van der Waals surface area contributed by atoms with Crippen molar-refractivity contribution in [1.82, 2.24) is 14.9 Å². The Morgan fingerprint density at radius 2 is 1.62 bits per heavy atom. The van der Waals surface area contributed by atoms with Gasteiger partial charge in [-0.05, 0) is 31.2 Å². The lowest BCUT2D eigenvalue weighted by Crippen LogP contribution is -2.23. The van der Waals surface area contributed by atoms with Gasteiger partial charge in [0.2, 0.25) is 27.5 Å². The first-order valence-electron chi connectivity index (χ1n) is 8.57. The average Bonchev–Trinajstić information content (AvgIpc) is 3.20. The highest BCUT2D eigenvalue weighted by molar-refractivity contribution is 7.89. The normalized spacial score (nSPS) is 11.3. The quantitative estimate of drug-likeness (QED) is 0.593. The molecule has 2 aromatic carbocycles. The van der Waals surface area contributed by atoms with Crippen LogP contribution in [0.4, 0.5) is 0 Å². The highest BCUT2D eigenvalue weighted by Gasteiger charge is 2.19. The van der Waals surface area contributed by atoms with Crippen LogP contribution >= 0.6 is 0 Å². The molecule has 0 spiro atoms. The Morgan fingerprint density at radius 3 is 2.17 bits per heavy atom. The summed E-state index contributed by atoms with van der Waals surface area (Å²) in [7, 11) is 0.816. The van der Waals surface area contributed by atoms with Gasteiger partial charge in [0.1, 0.15) is 0 Å². The first-order chi connectivity index (χ1) is 13.9. The fourth-order valence-electron chi connectivity index (χ4n) is 2.61. The van der Waals surface area contributed by atoms with Crippen LogP contribution in [0.5, 0.6) is 17.2 Å². The summed E-state index contributed by atoms with van der Waals surface area (Å²) in [6, 6.07) is 9.87. The molecule has 9 nitrogen and oxygen atoms in total. The Bertz CT molecular complexity index is 1070. The molecule has 3 rings (SSSR count). The zero-order chi connectivity index (χ0) is 21.0. The molecular formula is C19H21N3O6S. The first kappa shape index (κ1) is 20.6. The predicted octanol–water partition coefficient (Wildman–Crippen LogP) is 2.55. The maximum absolute atomic E-state index is 12.4. The minimum Gasteiger partial charge on any atom is -0.493 e. The molecule has 0 radical (unpaired) electrons. The third-order valence-electron chi connectivity index (χ3n) is 4.14. The van der Waals surface area contributed by atoms with Crippen LogP contribution in [-0.4, -0.2) is 39.9 Å². The summed E-state index contributed by atoms with van der Waals surface area (Å²) in [5.74, 6) is 1.69. The maximum Gasteiger partial charge on any atom is 0.242 e. The maximum atomic E-state index is 12.4. The summed E-state index contributed by atoms with van der Waals surface area (Å²) in [4.78, 5) is 4.40. The Kier molecular flexibility index (Phi) is 6.04. The number of hydrogen-bond acceptors (Lipinski definition) is 8. The molecule has 1 heterocycles. The van der Waals surface area contributed by atoms with E-state index < -0.39 is 10.0 Å². The van der Waals surface area contributed by atoms with Gasteiger partial charge in [-0.1, -0.05) is 22.9 Å². The van der Waals surface area contributed by atoms with Gasteiger partial charge in [0.25, 0.3) is 0 Å². The minimum absolute atomic E-state index is 0.115. The lowest BCUT2D eigenvalue weighted by Gasteiger charge is -2.12. The second-order valence-electron chi connectivity index (χ2n) is 6.06. The van der Waals surface area contributed by atoms with Gasteiger partial charge >= 0.3 is 0 Å². The number of nitrogens with one attached hydrogen (secondary N) is 1. The molecule has 1 N–H and O–H groups in total. The molecule has 0 atom stereocenters. The monoisotopic (exact) mass is 419 g/mol. The van der Waals surface area contributed by atoms with Crippen LogP contribution in [0.1, 0.15) is 11.5 Å². The molecule has 0 fully saturated rings. The van der Waals surface area contributed by atoms with Crippen molar-refractivity contribution in [3.8, 4) is 28.6 Å². The van der Waals surface area contributed by atoms with Crippen molar-refractivity contribution < 1.29 is 27.2 Å². The van der Waals surface area contributed by atoms with E-state index in [0.717, 1.165) is 5.56 Å². The van der Waals surface area contributed by atoms with Crippen molar-refractivity contribution in [2.45, 2.75) is 18.4 Å². The van der Waals surface area contributed by atoms with Crippen molar-refractivity contribution in [3.63, 3.8) is 0 Å². The van der Waals surface area contributed by atoms with E-state index in [1.807, 2.05) is 6.92 Å². The summed E-state index contributed by atoms with van der Waals surface area (Å²) < 4.78 is 48.3. The zero-order valence-electron chi connectivity index (χ0n) is 16.4. The molecule has 0 aliphatic heterocycles. The topological polar surface area (TPSA) is 113 Å². The summed E-state index contributed by atoms with van der Waals surface area (Å²) >= 11 is 0. The van der Waals surface area contributed by atoms with Gasteiger partial charge in [-0.3, -0.25) is 0 Å². The van der Waals surface area contributed by atoms with Gasteiger partial charge in [-0.2, -0.15) is 4.98 Å². The molecule has 0 aliphatic rings. The fraction of sp³-hybridized carbons (Fsp3) is 0.263. The van der Waals surface area contributed by atoms with Crippen molar-refractivity contribution in [3.05, 3.63) is 47.9 Å². The number of aryl methyl sites for hydroxylation is 1. The largest absolute Gasteiger partial charge is 0.493 e. The fourth-order valence-corrected chi connectivity index (χ4v) is 3.59. The van der Waals surface area contributed by atoms with Gasteiger partial charge in [0, 0.05) is 5.56 Å². The van der Waals surface area contributed by atoms with E-state index in [9.17, 15) is 8.42 Å². The van der Waals surface area contributed by atoms with Crippen LogP contribution in [0.25, 0.3) is 11.4 Å². The van der Waals surface area contributed by atoms with Crippen LogP contribution in [0.2, 0.25) is 0 Å². The highest BCUT2D eigenvalue weighted by Crippen LogP contribution is 2.40. The van der Waals surface area contributed by atoms with Crippen molar-refractivity contribution in [2.75, 3.05) is 21.3 Å². The molecule has 0 unspecified atom stereocenters. The summed E-state index contributed by atoms with van der Waals surface area (Å²) in [6.45, 7) is 1.74. The number of hydrogen-bond donors (Lipinski definition) is 1. The number of benzene rings is 2. The number of rotatable bonds is 8. The lowest BCUT2D eigenvalue weighted by atomic mass is 10.1. The molecule has 1 aromatic heterocycles. The predicted molar refractivity (Wildman–Crippen MR) is 105 cm³/mol. The van der Waals surface area contributed by atoms with Crippen LogP contribution < -0.4 is 18.9 Å². The molecule has 0 aliphatic carbocycles. The van der Waals surface area contributed by atoms with E-state index in [2.05, 4.69) is 14.9 Å². The van der Waals surface area contributed by atoms with E-state index >= 15 is 0 Å². The third kappa shape index (κ3) is 4.49. The Hall–Kier alpha value is -3.11. The number of aromatic nitrogens is 2. The van der Waals surface area contributed by atoms with E-state index in [4.69, 9.17) is 18.7 Å². The molecular weight excluding hydrogens is 398 g/mol. The Labute approximate surface area is 168 Å². The van der Waals surface area contributed by atoms with Crippen LogP contribution in [-0.2, 0) is 16.6 Å². The number of methoxy groups -OCH3 is 3. The van der Waals surface area contributed by atoms with Crippen LogP contribution in [0.3, 0.4) is 0 Å². The molecule has 154 valence electrons. The number of sulfonamides is 1. The molecule has 0 saturated heterocycles. The van der Waals surface area contributed by atoms with Gasteiger partial charge in [0.15, 0.2) is 11.5 Å². The van der Waals surface area contributed by atoms with Crippen molar-refractivity contribution >= 4 is 10.0 Å².